The number of nitrogens with one attached hydrogen (secondary N) is 2. The summed E-state index contributed by atoms with van der Waals surface area (Å²) in [4.78, 5) is 26.8. The topological polar surface area (TPSA) is 115 Å². The summed E-state index contributed by atoms with van der Waals surface area (Å²) >= 11 is 0. The fraction of sp³-hybridized carbons (Fsp3) is 0.286. The van der Waals surface area contributed by atoms with Gasteiger partial charge in [-0.2, -0.15) is 0 Å². The van der Waals surface area contributed by atoms with Crippen LogP contribution in [0.4, 0.5) is 5.82 Å². The molecule has 3 rings (SSSR count). The van der Waals surface area contributed by atoms with E-state index in [-0.39, 0.29) is 0 Å². The van der Waals surface area contributed by atoms with Gasteiger partial charge in [0, 0.05) is 44.9 Å². The van der Waals surface area contributed by atoms with E-state index < -0.39 is 11.9 Å². The number of nitrogens with zero attached hydrogens (tertiary/aromatic N) is 2. The van der Waals surface area contributed by atoms with Crippen molar-refractivity contribution in [3.05, 3.63) is 65.9 Å². The van der Waals surface area contributed by atoms with Crippen molar-refractivity contribution in [2.45, 2.75) is 25.9 Å². The van der Waals surface area contributed by atoms with Crippen molar-refractivity contribution in [2.75, 3.05) is 18.4 Å². The van der Waals surface area contributed by atoms with Gasteiger partial charge in [0.05, 0.1) is 0 Å². The van der Waals surface area contributed by atoms with E-state index in [4.69, 9.17) is 15.1 Å². The smallest absolute Gasteiger partial charge is 0.300 e. The first-order chi connectivity index (χ1) is 14.0. The quantitative estimate of drug-likeness (QED) is 0.335. The highest BCUT2D eigenvalue weighted by atomic mass is 16.5. The highest BCUT2D eigenvalue weighted by Gasteiger charge is 2.22. The second-order valence-electron chi connectivity index (χ2n) is 6.66. The number of likely N-dealkylation sites (tertiary alicyclic amines) is 1. The Bertz CT molecular complexity index is 805. The van der Waals surface area contributed by atoms with E-state index in [1.54, 1.807) is 17.8 Å². The van der Waals surface area contributed by atoms with Gasteiger partial charge in [-0.1, -0.05) is 30.3 Å². The molecule has 154 valence electrons. The number of hydroxylamine groups is 1. The Balaban J connectivity index is 0.000000687. The monoisotopic (exact) mass is 398 g/mol. The van der Waals surface area contributed by atoms with Crippen LogP contribution in [0, 0.1) is 0 Å². The SMILES string of the molecule is CC(=O)O.O=C(C=Cc1ccc(N[C@@H]2CCN(Cc3ccccc3)C2)nc1)NO. The fourth-order valence-electron chi connectivity index (χ4n) is 2.94. The average Bonchev–Trinajstić information content (AvgIpc) is 3.14. The Labute approximate surface area is 169 Å². The second-order valence-corrected chi connectivity index (χ2v) is 6.66. The Morgan fingerprint density at radius 2 is 1.97 bits per heavy atom. The molecule has 0 bridgehead atoms. The lowest BCUT2D eigenvalue weighted by Crippen LogP contribution is -2.26. The number of carboxylic acids is 1. The van der Waals surface area contributed by atoms with Crippen LogP contribution < -0.4 is 10.8 Å². The Hall–Kier alpha value is -3.23. The number of aliphatic carboxylic acids is 1. The molecule has 1 aliphatic rings. The van der Waals surface area contributed by atoms with Gasteiger partial charge in [-0.3, -0.25) is 19.7 Å². The van der Waals surface area contributed by atoms with Crippen molar-refractivity contribution in [1.82, 2.24) is 15.4 Å². The predicted octanol–water partition coefficient (Wildman–Crippen LogP) is 2.38. The van der Waals surface area contributed by atoms with E-state index in [2.05, 4.69) is 39.5 Å². The molecule has 1 amide bonds. The highest BCUT2D eigenvalue weighted by Crippen LogP contribution is 2.17. The molecule has 8 heteroatoms. The molecular formula is C21H26N4O4. The lowest BCUT2D eigenvalue weighted by atomic mass is 10.2. The van der Waals surface area contributed by atoms with E-state index in [9.17, 15) is 4.79 Å². The van der Waals surface area contributed by atoms with Crippen molar-refractivity contribution in [2.24, 2.45) is 0 Å². The zero-order valence-electron chi connectivity index (χ0n) is 16.3. The van der Waals surface area contributed by atoms with E-state index in [1.807, 2.05) is 18.2 Å². The summed E-state index contributed by atoms with van der Waals surface area (Å²) in [6.07, 6.45) is 5.63. The van der Waals surface area contributed by atoms with Gasteiger partial charge in [-0.05, 0) is 35.8 Å². The summed E-state index contributed by atoms with van der Waals surface area (Å²) in [5.74, 6) is -0.568. The zero-order chi connectivity index (χ0) is 21.1. The van der Waals surface area contributed by atoms with Crippen LogP contribution in [-0.2, 0) is 16.1 Å². The molecule has 29 heavy (non-hydrogen) atoms. The zero-order valence-corrected chi connectivity index (χ0v) is 16.3. The third kappa shape index (κ3) is 8.54. The van der Waals surface area contributed by atoms with Gasteiger partial charge in [0.1, 0.15) is 5.82 Å². The third-order valence-electron chi connectivity index (χ3n) is 4.20. The minimum atomic E-state index is -0.833. The van der Waals surface area contributed by atoms with Gasteiger partial charge in [0.2, 0.25) is 0 Å². The molecule has 8 nitrogen and oxygen atoms in total. The molecule has 0 spiro atoms. The van der Waals surface area contributed by atoms with Crippen LogP contribution in [0.3, 0.4) is 0 Å². The van der Waals surface area contributed by atoms with Crippen LogP contribution in [0.2, 0.25) is 0 Å². The van der Waals surface area contributed by atoms with Crippen LogP contribution in [0.1, 0.15) is 24.5 Å². The Morgan fingerprint density at radius 1 is 1.24 bits per heavy atom. The first-order valence-electron chi connectivity index (χ1n) is 9.27. The standard InChI is InChI=1S/C19H22N4O2.C2H4O2/c24-19(22-25)9-7-15-6-8-18(20-12-15)21-17-10-11-23(14-17)13-16-4-2-1-3-5-16;1-2(3)4/h1-9,12,17,25H,10-11,13-14H2,(H,20,21)(H,22,24);1H3,(H,3,4)/t17-;/m1./s1. The molecule has 1 aromatic carbocycles. The summed E-state index contributed by atoms with van der Waals surface area (Å²) < 4.78 is 0. The number of carboxylic acid groups (broad SMARTS) is 1. The van der Waals surface area contributed by atoms with Gasteiger partial charge in [0.15, 0.2) is 0 Å². The molecule has 1 saturated heterocycles. The molecule has 2 heterocycles. The maximum absolute atomic E-state index is 11.0. The molecule has 0 aliphatic carbocycles. The van der Waals surface area contributed by atoms with Crippen LogP contribution in [0.25, 0.3) is 6.08 Å². The summed E-state index contributed by atoms with van der Waals surface area (Å²) in [7, 11) is 0. The van der Waals surface area contributed by atoms with Gasteiger partial charge in [-0.15, -0.1) is 0 Å². The van der Waals surface area contributed by atoms with Crippen molar-refractivity contribution in [1.29, 1.82) is 0 Å². The first kappa shape index (κ1) is 22.1. The van der Waals surface area contributed by atoms with Gasteiger partial charge in [0.25, 0.3) is 11.9 Å². The largest absolute Gasteiger partial charge is 0.481 e. The molecule has 1 aliphatic heterocycles. The van der Waals surface area contributed by atoms with E-state index in [0.29, 0.717) is 6.04 Å². The van der Waals surface area contributed by atoms with Crippen LogP contribution in [-0.4, -0.2) is 51.2 Å². The summed E-state index contributed by atoms with van der Waals surface area (Å²) in [6.45, 7) is 4.13. The second kappa shape index (κ2) is 11.6. The normalized spacial score (nSPS) is 16.1. The third-order valence-corrected chi connectivity index (χ3v) is 4.20. The molecular weight excluding hydrogens is 372 g/mol. The Morgan fingerprint density at radius 3 is 2.59 bits per heavy atom. The van der Waals surface area contributed by atoms with Crippen molar-refractivity contribution >= 4 is 23.8 Å². The molecule has 0 unspecified atom stereocenters. The minimum Gasteiger partial charge on any atom is -0.481 e. The number of pyridine rings is 1. The number of aromatic nitrogens is 1. The summed E-state index contributed by atoms with van der Waals surface area (Å²) in [5.41, 5.74) is 3.69. The molecule has 1 fully saturated rings. The fourth-order valence-corrected chi connectivity index (χ4v) is 2.94. The lowest BCUT2D eigenvalue weighted by Gasteiger charge is -2.17. The van der Waals surface area contributed by atoms with Crippen molar-refractivity contribution in [3.63, 3.8) is 0 Å². The van der Waals surface area contributed by atoms with E-state index >= 15 is 0 Å². The van der Waals surface area contributed by atoms with Crippen LogP contribution in [0.15, 0.2) is 54.7 Å². The Kier molecular flexibility index (Phi) is 8.81. The number of hydrogen-bond donors (Lipinski definition) is 4. The predicted molar refractivity (Wildman–Crippen MR) is 110 cm³/mol. The van der Waals surface area contributed by atoms with E-state index in [1.165, 1.54) is 11.6 Å². The highest BCUT2D eigenvalue weighted by molar-refractivity contribution is 5.90. The number of rotatable bonds is 6. The van der Waals surface area contributed by atoms with E-state index in [0.717, 1.165) is 44.4 Å². The molecule has 1 atom stereocenters. The number of amides is 1. The number of benzene rings is 1. The molecule has 1 aromatic heterocycles. The van der Waals surface area contributed by atoms with Crippen molar-refractivity contribution < 1.29 is 19.9 Å². The van der Waals surface area contributed by atoms with Crippen LogP contribution in [0.5, 0.6) is 0 Å². The minimum absolute atomic E-state index is 0.387. The average molecular weight is 398 g/mol. The van der Waals surface area contributed by atoms with Crippen molar-refractivity contribution in [3.8, 4) is 0 Å². The van der Waals surface area contributed by atoms with Gasteiger partial charge >= 0.3 is 0 Å². The summed E-state index contributed by atoms with van der Waals surface area (Å²) in [6, 6.07) is 14.7. The molecule has 2 aromatic rings. The first-order valence-corrected chi connectivity index (χ1v) is 9.27. The number of hydrogen-bond acceptors (Lipinski definition) is 6. The maximum atomic E-state index is 11.0. The molecule has 0 radical (unpaired) electrons. The number of carbonyl (C=O) groups is 2. The van der Waals surface area contributed by atoms with Crippen LogP contribution >= 0.6 is 0 Å². The number of anilines is 1. The maximum Gasteiger partial charge on any atom is 0.300 e. The lowest BCUT2D eigenvalue weighted by molar-refractivity contribution is -0.134. The molecule has 4 N–H and O–H groups in total. The van der Waals surface area contributed by atoms with Gasteiger partial charge < -0.3 is 10.4 Å². The number of carbonyl (C=O) groups excluding carboxylic acids is 1. The summed E-state index contributed by atoms with van der Waals surface area (Å²) in [5, 5.41) is 19.3. The van der Waals surface area contributed by atoms with Gasteiger partial charge in [-0.25, -0.2) is 10.5 Å². The molecule has 0 saturated carbocycles.